The summed E-state index contributed by atoms with van der Waals surface area (Å²) in [7, 11) is 0. The summed E-state index contributed by atoms with van der Waals surface area (Å²) in [6.45, 7) is 6.34. The molecule has 1 aliphatic carbocycles. The average Bonchev–Trinajstić information content (AvgIpc) is 2.40. The standard InChI is InChI=1S/C9H13N/c1-7(6-10)4-8-5-9(8,2)3/h4,8H,5H2,1-3H3/b7-4-/t8-/m0/s1. The summed E-state index contributed by atoms with van der Waals surface area (Å²) in [6.07, 6.45) is 3.33. The molecule has 1 fully saturated rings. The SMILES string of the molecule is C/C(C#N)=C/[C@H]1CC1(C)C. The topological polar surface area (TPSA) is 23.8 Å². The van der Waals surface area contributed by atoms with Crippen molar-refractivity contribution >= 4 is 0 Å². The van der Waals surface area contributed by atoms with E-state index in [1.807, 2.05) is 6.92 Å². The summed E-state index contributed by atoms with van der Waals surface area (Å²) in [5.74, 6) is 0.659. The van der Waals surface area contributed by atoms with Crippen LogP contribution in [-0.4, -0.2) is 0 Å². The predicted molar refractivity (Wildman–Crippen MR) is 41.3 cm³/mol. The molecule has 1 aliphatic rings. The van der Waals surface area contributed by atoms with Gasteiger partial charge in [-0.15, -0.1) is 0 Å². The van der Waals surface area contributed by atoms with Crippen LogP contribution < -0.4 is 0 Å². The third kappa shape index (κ3) is 1.39. The molecule has 54 valence electrons. The number of hydrogen-bond donors (Lipinski definition) is 0. The Bertz CT molecular complexity index is 205. The molecule has 0 aromatic rings. The van der Waals surface area contributed by atoms with Crippen molar-refractivity contribution in [1.29, 1.82) is 5.26 Å². The Morgan fingerprint density at radius 3 is 2.50 bits per heavy atom. The second-order valence-electron chi connectivity index (χ2n) is 3.76. The fourth-order valence-electron chi connectivity index (χ4n) is 1.13. The van der Waals surface area contributed by atoms with Gasteiger partial charge in [0.05, 0.1) is 6.07 Å². The summed E-state index contributed by atoms with van der Waals surface area (Å²) >= 11 is 0. The lowest BCUT2D eigenvalue weighted by Gasteiger charge is -1.95. The van der Waals surface area contributed by atoms with E-state index in [4.69, 9.17) is 5.26 Å². The molecule has 1 atom stereocenters. The van der Waals surface area contributed by atoms with E-state index in [0.29, 0.717) is 11.3 Å². The Morgan fingerprint density at radius 2 is 2.20 bits per heavy atom. The number of nitrogens with zero attached hydrogens (tertiary/aromatic N) is 1. The highest BCUT2D eigenvalue weighted by molar-refractivity contribution is 5.22. The number of rotatable bonds is 1. The van der Waals surface area contributed by atoms with Gasteiger partial charge in [-0.05, 0) is 24.7 Å². The Hall–Kier alpha value is -0.770. The van der Waals surface area contributed by atoms with Crippen LogP contribution in [-0.2, 0) is 0 Å². The van der Waals surface area contributed by atoms with Crippen LogP contribution in [0.2, 0.25) is 0 Å². The first kappa shape index (κ1) is 7.34. The minimum Gasteiger partial charge on any atom is -0.193 e. The molecule has 10 heavy (non-hydrogen) atoms. The lowest BCUT2D eigenvalue weighted by Crippen LogP contribution is -1.86. The first-order chi connectivity index (χ1) is 4.56. The van der Waals surface area contributed by atoms with Crippen molar-refractivity contribution in [3.05, 3.63) is 11.6 Å². The maximum atomic E-state index is 8.46. The van der Waals surface area contributed by atoms with Gasteiger partial charge in [0.2, 0.25) is 0 Å². The maximum absolute atomic E-state index is 8.46. The van der Waals surface area contributed by atoms with Gasteiger partial charge < -0.3 is 0 Å². The normalized spacial score (nSPS) is 29.4. The van der Waals surface area contributed by atoms with E-state index in [2.05, 4.69) is 26.0 Å². The van der Waals surface area contributed by atoms with E-state index in [0.717, 1.165) is 5.57 Å². The van der Waals surface area contributed by atoms with E-state index in [1.165, 1.54) is 6.42 Å². The summed E-state index contributed by atoms with van der Waals surface area (Å²) in [4.78, 5) is 0. The van der Waals surface area contributed by atoms with Crippen LogP contribution in [0, 0.1) is 22.7 Å². The second-order valence-corrected chi connectivity index (χ2v) is 3.76. The Labute approximate surface area is 62.4 Å². The summed E-state index contributed by atoms with van der Waals surface area (Å²) in [5, 5.41) is 8.46. The van der Waals surface area contributed by atoms with Crippen LogP contribution in [0.1, 0.15) is 27.2 Å². The number of hydrogen-bond acceptors (Lipinski definition) is 1. The third-order valence-electron chi connectivity index (χ3n) is 2.22. The lowest BCUT2D eigenvalue weighted by atomic mass is 10.1. The average molecular weight is 135 g/mol. The monoisotopic (exact) mass is 135 g/mol. The molecule has 1 nitrogen and oxygen atoms in total. The molecule has 1 saturated carbocycles. The molecule has 0 aromatic heterocycles. The predicted octanol–water partition coefficient (Wildman–Crippen LogP) is 2.50. The van der Waals surface area contributed by atoms with Gasteiger partial charge >= 0.3 is 0 Å². The van der Waals surface area contributed by atoms with Crippen molar-refractivity contribution in [2.24, 2.45) is 11.3 Å². The zero-order valence-electron chi connectivity index (χ0n) is 6.81. The van der Waals surface area contributed by atoms with Crippen LogP contribution in [0.5, 0.6) is 0 Å². The fraction of sp³-hybridized carbons (Fsp3) is 0.667. The molecule has 0 amide bonds. The second kappa shape index (κ2) is 2.12. The van der Waals surface area contributed by atoms with Gasteiger partial charge in [0, 0.05) is 5.57 Å². The van der Waals surface area contributed by atoms with Crippen molar-refractivity contribution in [3.8, 4) is 6.07 Å². The number of allylic oxidation sites excluding steroid dienone is 2. The van der Waals surface area contributed by atoms with Gasteiger partial charge in [-0.1, -0.05) is 19.9 Å². The van der Waals surface area contributed by atoms with Crippen molar-refractivity contribution in [3.63, 3.8) is 0 Å². The highest BCUT2D eigenvalue weighted by Gasteiger charge is 2.43. The number of nitriles is 1. The van der Waals surface area contributed by atoms with Crippen LogP contribution in [0.3, 0.4) is 0 Å². The molecule has 0 N–H and O–H groups in total. The molecule has 0 heterocycles. The zero-order chi connectivity index (χ0) is 7.78. The Morgan fingerprint density at radius 1 is 1.70 bits per heavy atom. The molecule has 0 spiro atoms. The van der Waals surface area contributed by atoms with Gasteiger partial charge in [-0.25, -0.2) is 0 Å². The first-order valence-electron chi connectivity index (χ1n) is 3.65. The van der Waals surface area contributed by atoms with Crippen LogP contribution in [0.4, 0.5) is 0 Å². The van der Waals surface area contributed by atoms with Gasteiger partial charge in [0.1, 0.15) is 0 Å². The van der Waals surface area contributed by atoms with Gasteiger partial charge in [-0.2, -0.15) is 5.26 Å². The molecule has 0 unspecified atom stereocenters. The van der Waals surface area contributed by atoms with E-state index in [9.17, 15) is 0 Å². The van der Waals surface area contributed by atoms with E-state index in [-0.39, 0.29) is 0 Å². The lowest BCUT2D eigenvalue weighted by molar-refractivity contribution is 0.609. The fourth-order valence-corrected chi connectivity index (χ4v) is 1.13. The van der Waals surface area contributed by atoms with Crippen molar-refractivity contribution in [1.82, 2.24) is 0 Å². The molecule has 0 aliphatic heterocycles. The molecular formula is C9H13N. The minimum atomic E-state index is 0.470. The van der Waals surface area contributed by atoms with Crippen LogP contribution >= 0.6 is 0 Å². The molecule has 0 aromatic carbocycles. The molecule has 0 radical (unpaired) electrons. The highest BCUT2D eigenvalue weighted by atomic mass is 14.5. The van der Waals surface area contributed by atoms with Crippen LogP contribution in [0.25, 0.3) is 0 Å². The smallest absolute Gasteiger partial charge is 0.0940 e. The summed E-state index contributed by atoms with van der Waals surface area (Å²) < 4.78 is 0. The van der Waals surface area contributed by atoms with Crippen molar-refractivity contribution in [2.45, 2.75) is 27.2 Å². The minimum absolute atomic E-state index is 0.470. The molecule has 1 heteroatoms. The Balaban J connectivity index is 2.52. The molecule has 1 rings (SSSR count). The molecular weight excluding hydrogens is 122 g/mol. The Kier molecular flexibility index (Phi) is 1.56. The first-order valence-corrected chi connectivity index (χ1v) is 3.65. The van der Waals surface area contributed by atoms with Crippen molar-refractivity contribution in [2.75, 3.05) is 0 Å². The van der Waals surface area contributed by atoms with Gasteiger partial charge in [0.15, 0.2) is 0 Å². The largest absolute Gasteiger partial charge is 0.193 e. The van der Waals surface area contributed by atoms with Gasteiger partial charge in [0.25, 0.3) is 0 Å². The summed E-state index contributed by atoms with van der Waals surface area (Å²) in [6, 6.07) is 2.14. The van der Waals surface area contributed by atoms with Crippen LogP contribution in [0.15, 0.2) is 11.6 Å². The third-order valence-corrected chi connectivity index (χ3v) is 2.22. The maximum Gasteiger partial charge on any atom is 0.0940 e. The molecule has 0 saturated heterocycles. The molecule has 0 bridgehead atoms. The van der Waals surface area contributed by atoms with Gasteiger partial charge in [-0.3, -0.25) is 0 Å². The van der Waals surface area contributed by atoms with Crippen molar-refractivity contribution < 1.29 is 0 Å². The van der Waals surface area contributed by atoms with E-state index in [1.54, 1.807) is 0 Å². The summed E-state index contributed by atoms with van der Waals surface area (Å²) in [5.41, 5.74) is 1.33. The quantitative estimate of drug-likeness (QED) is 0.507. The highest BCUT2D eigenvalue weighted by Crippen LogP contribution is 2.52. The van der Waals surface area contributed by atoms with E-state index < -0.39 is 0 Å². The zero-order valence-corrected chi connectivity index (χ0v) is 6.81. The van der Waals surface area contributed by atoms with E-state index >= 15 is 0 Å².